The summed E-state index contributed by atoms with van der Waals surface area (Å²) in [6.07, 6.45) is 2.24. The van der Waals surface area contributed by atoms with E-state index in [9.17, 15) is 14.7 Å². The van der Waals surface area contributed by atoms with Crippen molar-refractivity contribution in [2.24, 2.45) is 13.0 Å². The number of rotatable bonds is 4. The molecule has 0 spiro atoms. The molecule has 1 aromatic rings. The topological polar surface area (TPSA) is 84.7 Å². The molecule has 1 aliphatic rings. The first-order valence-corrected chi connectivity index (χ1v) is 6.52. The Morgan fingerprint density at radius 1 is 1.60 bits per heavy atom. The van der Waals surface area contributed by atoms with Crippen LogP contribution in [0, 0.1) is 5.92 Å². The maximum atomic E-state index is 12.1. The van der Waals surface area contributed by atoms with Crippen LogP contribution in [-0.2, 0) is 21.4 Å². The summed E-state index contributed by atoms with van der Waals surface area (Å²) in [7, 11) is 1.75. The molecule has 1 fully saturated rings. The zero-order valence-corrected chi connectivity index (χ0v) is 11.8. The van der Waals surface area contributed by atoms with Gasteiger partial charge in [0, 0.05) is 25.4 Å². The molecule has 1 saturated heterocycles. The van der Waals surface area contributed by atoms with E-state index in [1.165, 1.54) is 0 Å². The van der Waals surface area contributed by atoms with Crippen molar-refractivity contribution in [3.8, 4) is 0 Å². The second-order valence-electron chi connectivity index (χ2n) is 5.40. The van der Waals surface area contributed by atoms with Gasteiger partial charge < -0.3 is 14.7 Å². The van der Waals surface area contributed by atoms with Crippen LogP contribution >= 0.6 is 0 Å². The quantitative estimate of drug-likeness (QED) is 0.865. The minimum absolute atomic E-state index is 0.190. The molecule has 1 amide bonds. The van der Waals surface area contributed by atoms with Crippen molar-refractivity contribution >= 4 is 11.9 Å². The second kappa shape index (κ2) is 5.62. The highest BCUT2D eigenvalue weighted by Crippen LogP contribution is 2.30. The van der Waals surface area contributed by atoms with Crippen molar-refractivity contribution in [3.63, 3.8) is 0 Å². The molecule has 7 nitrogen and oxygen atoms in total. The summed E-state index contributed by atoms with van der Waals surface area (Å²) in [5, 5.41) is 13.4. The average Bonchev–Trinajstić information content (AvgIpc) is 2.77. The van der Waals surface area contributed by atoms with E-state index in [1.54, 1.807) is 29.0 Å². The SMILES string of the molecule is CC(C)CN1C(=O)COC(C(=O)O)C1c1cnn(C)c1. The first-order valence-electron chi connectivity index (χ1n) is 6.52. The van der Waals surface area contributed by atoms with Gasteiger partial charge in [0.15, 0.2) is 6.10 Å². The highest BCUT2D eigenvalue weighted by Gasteiger charge is 2.42. The number of carboxylic acid groups (broad SMARTS) is 1. The van der Waals surface area contributed by atoms with E-state index in [-0.39, 0.29) is 18.4 Å². The Hall–Kier alpha value is -1.89. The Morgan fingerprint density at radius 3 is 2.80 bits per heavy atom. The monoisotopic (exact) mass is 281 g/mol. The highest BCUT2D eigenvalue weighted by molar-refractivity contribution is 5.82. The Morgan fingerprint density at radius 2 is 2.30 bits per heavy atom. The summed E-state index contributed by atoms with van der Waals surface area (Å²) in [5.74, 6) is -1.02. The molecule has 0 bridgehead atoms. The van der Waals surface area contributed by atoms with Crippen LogP contribution in [-0.4, -0.2) is 50.9 Å². The maximum absolute atomic E-state index is 12.1. The van der Waals surface area contributed by atoms with E-state index in [0.717, 1.165) is 0 Å². The van der Waals surface area contributed by atoms with E-state index in [4.69, 9.17) is 4.74 Å². The number of amides is 1. The fourth-order valence-corrected chi connectivity index (χ4v) is 2.42. The molecule has 2 rings (SSSR count). The van der Waals surface area contributed by atoms with Gasteiger partial charge in [-0.25, -0.2) is 4.79 Å². The van der Waals surface area contributed by atoms with Crippen LogP contribution in [0.1, 0.15) is 25.5 Å². The zero-order chi connectivity index (χ0) is 14.9. The Bertz CT molecular complexity index is 511. The lowest BCUT2D eigenvalue weighted by molar-refractivity contribution is -0.173. The average molecular weight is 281 g/mol. The van der Waals surface area contributed by atoms with Crippen molar-refractivity contribution in [3.05, 3.63) is 18.0 Å². The summed E-state index contributed by atoms with van der Waals surface area (Å²) < 4.78 is 6.80. The molecule has 2 atom stereocenters. The van der Waals surface area contributed by atoms with Crippen LogP contribution in [0.15, 0.2) is 12.4 Å². The van der Waals surface area contributed by atoms with Crippen LogP contribution in [0.4, 0.5) is 0 Å². The van der Waals surface area contributed by atoms with Crippen LogP contribution in [0.2, 0.25) is 0 Å². The molecule has 0 saturated carbocycles. The molecule has 20 heavy (non-hydrogen) atoms. The summed E-state index contributed by atoms with van der Waals surface area (Å²) in [6, 6.07) is -0.634. The number of hydrogen-bond donors (Lipinski definition) is 1. The molecule has 0 radical (unpaired) electrons. The molecule has 2 heterocycles. The molecule has 1 aliphatic heterocycles. The van der Waals surface area contributed by atoms with Crippen molar-refractivity contribution in [2.45, 2.75) is 26.0 Å². The van der Waals surface area contributed by atoms with Crippen molar-refractivity contribution < 1.29 is 19.4 Å². The molecular formula is C13H19N3O4. The summed E-state index contributed by atoms with van der Waals surface area (Å²) >= 11 is 0. The molecule has 1 aromatic heterocycles. The van der Waals surface area contributed by atoms with E-state index < -0.39 is 18.1 Å². The number of aryl methyl sites for hydroxylation is 1. The van der Waals surface area contributed by atoms with Gasteiger partial charge in [0.2, 0.25) is 5.91 Å². The lowest BCUT2D eigenvalue weighted by Crippen LogP contribution is -2.52. The fraction of sp³-hybridized carbons (Fsp3) is 0.615. The number of morpholine rings is 1. The van der Waals surface area contributed by atoms with E-state index in [0.29, 0.717) is 12.1 Å². The largest absolute Gasteiger partial charge is 0.479 e. The fourth-order valence-electron chi connectivity index (χ4n) is 2.42. The number of carbonyl (C=O) groups is 2. The first kappa shape index (κ1) is 14.5. The van der Waals surface area contributed by atoms with E-state index in [2.05, 4.69) is 5.10 Å². The van der Waals surface area contributed by atoms with Crippen LogP contribution in [0.3, 0.4) is 0 Å². The normalized spacial score (nSPS) is 23.4. The van der Waals surface area contributed by atoms with Gasteiger partial charge in [0.25, 0.3) is 0 Å². The lowest BCUT2D eigenvalue weighted by atomic mass is 9.99. The van der Waals surface area contributed by atoms with Gasteiger partial charge in [0.05, 0.1) is 12.2 Å². The van der Waals surface area contributed by atoms with Gasteiger partial charge in [-0.2, -0.15) is 5.10 Å². The molecule has 0 aromatic carbocycles. The molecule has 0 aliphatic carbocycles. The van der Waals surface area contributed by atoms with Gasteiger partial charge >= 0.3 is 5.97 Å². The predicted molar refractivity (Wildman–Crippen MR) is 69.9 cm³/mol. The second-order valence-corrected chi connectivity index (χ2v) is 5.40. The van der Waals surface area contributed by atoms with Gasteiger partial charge in [-0.1, -0.05) is 13.8 Å². The minimum atomic E-state index is -1.07. The van der Waals surface area contributed by atoms with E-state index in [1.807, 2.05) is 13.8 Å². The number of hydrogen-bond acceptors (Lipinski definition) is 4. The summed E-state index contributed by atoms with van der Waals surface area (Å²) in [5.41, 5.74) is 0.675. The first-order chi connectivity index (χ1) is 9.40. The lowest BCUT2D eigenvalue weighted by Gasteiger charge is -2.39. The highest BCUT2D eigenvalue weighted by atomic mass is 16.5. The number of aromatic nitrogens is 2. The number of carbonyl (C=O) groups excluding carboxylic acids is 1. The minimum Gasteiger partial charge on any atom is -0.479 e. The van der Waals surface area contributed by atoms with Gasteiger partial charge in [0.1, 0.15) is 6.61 Å². The predicted octanol–water partition coefficient (Wildman–Crippen LogP) is 0.429. The molecule has 1 N–H and O–H groups in total. The standard InChI is InChI=1S/C13H19N3O4/c1-8(2)5-16-10(17)7-20-12(13(18)19)11(16)9-4-14-15(3)6-9/h4,6,8,11-12H,5,7H2,1-3H3,(H,18,19). The van der Waals surface area contributed by atoms with Crippen LogP contribution < -0.4 is 0 Å². The number of aliphatic carboxylic acids is 1. The third-order valence-electron chi connectivity index (χ3n) is 3.20. The van der Waals surface area contributed by atoms with Gasteiger partial charge in [-0.3, -0.25) is 9.48 Å². The van der Waals surface area contributed by atoms with Crippen molar-refractivity contribution in [1.82, 2.24) is 14.7 Å². The molecular weight excluding hydrogens is 262 g/mol. The molecule has 7 heteroatoms. The Labute approximate surface area is 117 Å². The van der Waals surface area contributed by atoms with Gasteiger partial charge in [-0.15, -0.1) is 0 Å². The summed E-state index contributed by atoms with van der Waals surface area (Å²) in [6.45, 7) is 4.27. The van der Waals surface area contributed by atoms with Crippen molar-refractivity contribution in [1.29, 1.82) is 0 Å². The van der Waals surface area contributed by atoms with Crippen LogP contribution in [0.5, 0.6) is 0 Å². The zero-order valence-electron chi connectivity index (χ0n) is 11.8. The number of carboxylic acids is 1. The van der Waals surface area contributed by atoms with Gasteiger partial charge in [-0.05, 0) is 5.92 Å². The van der Waals surface area contributed by atoms with Crippen LogP contribution in [0.25, 0.3) is 0 Å². The van der Waals surface area contributed by atoms with E-state index >= 15 is 0 Å². The number of nitrogens with zero attached hydrogens (tertiary/aromatic N) is 3. The molecule has 110 valence electrons. The Kier molecular flexibility index (Phi) is 4.08. The maximum Gasteiger partial charge on any atom is 0.335 e. The third-order valence-corrected chi connectivity index (χ3v) is 3.20. The van der Waals surface area contributed by atoms with Crippen molar-refractivity contribution in [2.75, 3.05) is 13.2 Å². The summed E-state index contributed by atoms with van der Waals surface area (Å²) in [4.78, 5) is 25.0. The Balaban J connectivity index is 2.38. The smallest absolute Gasteiger partial charge is 0.335 e. The third kappa shape index (κ3) is 2.82. The molecule has 2 unspecified atom stereocenters. The number of ether oxygens (including phenoxy) is 1.